The third-order valence-electron chi connectivity index (χ3n) is 10.1. The van der Waals surface area contributed by atoms with Gasteiger partial charge >= 0.3 is 0 Å². The van der Waals surface area contributed by atoms with Crippen molar-refractivity contribution in [3.05, 3.63) is 107 Å². The summed E-state index contributed by atoms with van der Waals surface area (Å²) in [6, 6.07) is 24.8. The Morgan fingerprint density at radius 1 is 0.804 bits per heavy atom. The molecule has 2 atom stereocenters. The lowest BCUT2D eigenvalue weighted by Crippen LogP contribution is -2.61. The Labute approximate surface area is 267 Å². The van der Waals surface area contributed by atoms with Crippen LogP contribution in [0.4, 0.5) is 8.78 Å². The Kier molecular flexibility index (Phi) is 8.44. The van der Waals surface area contributed by atoms with Crippen LogP contribution in [0.5, 0.6) is 0 Å². The number of nitrogens with one attached hydrogen (secondary N) is 1. The van der Waals surface area contributed by atoms with E-state index in [4.69, 9.17) is 0 Å². The molecule has 0 aliphatic carbocycles. The smallest absolute Gasteiger partial charge is 0.275 e. The average Bonchev–Trinajstić information content (AvgIpc) is 3.39. The fraction of sp³-hybridized carbons (Fsp3) is 0.417. The van der Waals surface area contributed by atoms with Gasteiger partial charge in [-0.1, -0.05) is 78.9 Å². The summed E-state index contributed by atoms with van der Waals surface area (Å²) in [5, 5.41) is 2.33. The number of hydrogen-bond acceptors (Lipinski definition) is 6. The molecule has 4 aliphatic rings. The SMILES string of the molecule is O=C1CCC(N2Cc3cccc(CN4CCC(N5CCN(C(c6ccccc6)c6ccccc6)CC5)C(F)(F)C4)c3C2=O)C(=O)N1. The van der Waals surface area contributed by atoms with Crippen molar-refractivity contribution in [1.29, 1.82) is 0 Å². The van der Waals surface area contributed by atoms with Crippen LogP contribution in [0.1, 0.15) is 57.9 Å². The maximum Gasteiger partial charge on any atom is 0.275 e. The molecule has 2 unspecified atom stereocenters. The second-order valence-electron chi connectivity index (χ2n) is 12.9. The number of hydrogen-bond donors (Lipinski definition) is 1. The predicted octanol–water partition coefficient (Wildman–Crippen LogP) is 4.06. The van der Waals surface area contributed by atoms with Crippen LogP contribution in [-0.2, 0) is 22.7 Å². The number of nitrogens with zero attached hydrogens (tertiary/aromatic N) is 4. The highest BCUT2D eigenvalue weighted by Crippen LogP contribution is 2.36. The van der Waals surface area contributed by atoms with Crippen LogP contribution in [0.15, 0.2) is 78.9 Å². The minimum Gasteiger partial charge on any atom is -0.322 e. The van der Waals surface area contributed by atoms with E-state index in [-0.39, 0.29) is 50.3 Å². The summed E-state index contributed by atoms with van der Waals surface area (Å²) in [5.41, 5.74) is 4.39. The van der Waals surface area contributed by atoms with Crippen LogP contribution in [0, 0.1) is 0 Å². The summed E-state index contributed by atoms with van der Waals surface area (Å²) in [6.07, 6.45) is 0.815. The van der Waals surface area contributed by atoms with Crippen LogP contribution in [0.3, 0.4) is 0 Å². The van der Waals surface area contributed by atoms with E-state index in [9.17, 15) is 14.4 Å². The molecule has 1 N–H and O–H groups in total. The molecule has 7 rings (SSSR count). The van der Waals surface area contributed by atoms with E-state index in [1.54, 1.807) is 4.90 Å². The van der Waals surface area contributed by atoms with Crippen molar-refractivity contribution in [2.24, 2.45) is 0 Å². The number of amides is 3. The molecule has 3 fully saturated rings. The van der Waals surface area contributed by atoms with Gasteiger partial charge in [-0.3, -0.25) is 34.4 Å². The third kappa shape index (κ3) is 5.97. The lowest BCUT2D eigenvalue weighted by molar-refractivity contribution is -0.137. The molecule has 0 bridgehead atoms. The van der Waals surface area contributed by atoms with Crippen molar-refractivity contribution in [2.75, 3.05) is 39.3 Å². The summed E-state index contributed by atoms with van der Waals surface area (Å²) in [5.74, 6) is -3.97. The van der Waals surface area contributed by atoms with E-state index in [2.05, 4.69) is 34.5 Å². The normalized spacial score (nSPS) is 24.3. The molecule has 240 valence electrons. The van der Waals surface area contributed by atoms with Gasteiger partial charge in [-0.15, -0.1) is 0 Å². The number of benzene rings is 3. The predicted molar refractivity (Wildman–Crippen MR) is 169 cm³/mol. The summed E-state index contributed by atoms with van der Waals surface area (Å²) in [7, 11) is 0. The standard InChI is InChI=1S/C36H39F2N5O3/c37-36(38)24-40(22-27-12-7-13-28-23-43(35(46)32(27)28)29-14-15-31(44)39-34(29)45)17-16-30(36)41-18-20-42(21-19-41)33(25-8-3-1-4-9-25)26-10-5-2-6-11-26/h1-13,29-30,33H,14-24H2,(H,39,44,45). The van der Waals surface area contributed by atoms with Crippen molar-refractivity contribution in [1.82, 2.24) is 24.9 Å². The number of alkyl halides is 2. The number of carbonyl (C=O) groups excluding carboxylic acids is 3. The summed E-state index contributed by atoms with van der Waals surface area (Å²) in [6.45, 7) is 3.20. The highest BCUT2D eigenvalue weighted by molar-refractivity contribution is 6.06. The molecule has 3 aromatic rings. The van der Waals surface area contributed by atoms with Crippen molar-refractivity contribution < 1.29 is 23.2 Å². The number of carbonyl (C=O) groups is 3. The van der Waals surface area contributed by atoms with E-state index < -0.39 is 23.9 Å². The number of rotatable bonds is 7. The fourth-order valence-corrected chi connectivity index (χ4v) is 7.84. The van der Waals surface area contributed by atoms with Gasteiger partial charge < -0.3 is 4.90 Å². The fourth-order valence-electron chi connectivity index (χ4n) is 7.84. The Hall–Kier alpha value is -3.99. The third-order valence-corrected chi connectivity index (χ3v) is 10.1. The summed E-state index contributed by atoms with van der Waals surface area (Å²) < 4.78 is 31.8. The molecule has 0 aromatic heterocycles. The number of piperidine rings is 2. The number of fused-ring (bicyclic) bond motifs is 1. The van der Waals surface area contributed by atoms with Crippen LogP contribution in [-0.4, -0.2) is 94.6 Å². The van der Waals surface area contributed by atoms with E-state index in [1.807, 2.05) is 59.5 Å². The lowest BCUT2D eigenvalue weighted by Gasteiger charge is -2.47. The summed E-state index contributed by atoms with van der Waals surface area (Å²) >= 11 is 0. The van der Waals surface area contributed by atoms with Crippen LogP contribution >= 0.6 is 0 Å². The van der Waals surface area contributed by atoms with Gasteiger partial charge in [0, 0.05) is 57.8 Å². The van der Waals surface area contributed by atoms with Crippen molar-refractivity contribution >= 4 is 17.7 Å². The Bertz CT molecular complexity index is 1560. The van der Waals surface area contributed by atoms with Crippen LogP contribution in [0.25, 0.3) is 0 Å². The molecule has 0 radical (unpaired) electrons. The number of piperazine rings is 1. The quantitative estimate of drug-likeness (QED) is 0.399. The molecule has 3 amide bonds. The van der Waals surface area contributed by atoms with Gasteiger partial charge in [0.1, 0.15) is 6.04 Å². The second-order valence-corrected chi connectivity index (χ2v) is 12.9. The molecule has 8 nitrogen and oxygen atoms in total. The first-order valence-corrected chi connectivity index (χ1v) is 16.2. The lowest BCUT2D eigenvalue weighted by atomic mass is 9.94. The van der Waals surface area contributed by atoms with Gasteiger partial charge in [-0.05, 0) is 35.1 Å². The monoisotopic (exact) mass is 627 g/mol. The van der Waals surface area contributed by atoms with Gasteiger partial charge in [-0.2, -0.15) is 0 Å². The number of imide groups is 1. The van der Waals surface area contributed by atoms with Crippen molar-refractivity contribution in [3.63, 3.8) is 0 Å². The van der Waals surface area contributed by atoms with Crippen molar-refractivity contribution in [3.8, 4) is 0 Å². The summed E-state index contributed by atoms with van der Waals surface area (Å²) in [4.78, 5) is 45.3. The molecular weight excluding hydrogens is 588 g/mol. The zero-order chi connectivity index (χ0) is 31.8. The molecule has 46 heavy (non-hydrogen) atoms. The molecule has 4 aliphatic heterocycles. The van der Waals surface area contributed by atoms with Gasteiger partial charge in [0.05, 0.1) is 18.6 Å². The molecular formula is C36H39F2N5O3. The molecule has 0 saturated carbocycles. The molecule has 3 saturated heterocycles. The molecule has 0 spiro atoms. The first-order valence-electron chi connectivity index (χ1n) is 16.2. The average molecular weight is 628 g/mol. The minimum atomic E-state index is -2.90. The molecule has 3 aromatic carbocycles. The minimum absolute atomic E-state index is 0.0770. The van der Waals surface area contributed by atoms with Gasteiger partial charge in [0.15, 0.2) is 0 Å². The zero-order valence-corrected chi connectivity index (χ0v) is 25.8. The van der Waals surface area contributed by atoms with E-state index in [1.165, 1.54) is 16.0 Å². The highest BCUT2D eigenvalue weighted by Gasteiger charge is 2.48. The maximum atomic E-state index is 15.9. The zero-order valence-electron chi connectivity index (χ0n) is 25.8. The van der Waals surface area contributed by atoms with Crippen molar-refractivity contribution in [2.45, 2.75) is 56.4 Å². The van der Waals surface area contributed by atoms with Gasteiger partial charge in [0.2, 0.25) is 11.8 Å². The van der Waals surface area contributed by atoms with E-state index in [0.717, 1.165) is 5.56 Å². The Morgan fingerprint density at radius 2 is 1.48 bits per heavy atom. The number of halogens is 2. The van der Waals surface area contributed by atoms with E-state index >= 15 is 8.78 Å². The van der Waals surface area contributed by atoms with Gasteiger partial charge in [-0.25, -0.2) is 8.78 Å². The first kappa shape index (κ1) is 30.7. The van der Waals surface area contributed by atoms with Crippen LogP contribution < -0.4 is 5.32 Å². The Morgan fingerprint density at radius 3 is 2.11 bits per heavy atom. The molecule has 10 heteroatoms. The maximum absolute atomic E-state index is 15.9. The second kappa shape index (κ2) is 12.7. The Balaban J connectivity index is 0.995. The van der Waals surface area contributed by atoms with E-state index in [0.29, 0.717) is 50.3 Å². The topological polar surface area (TPSA) is 76.2 Å². The first-order chi connectivity index (χ1) is 22.3. The van der Waals surface area contributed by atoms with Gasteiger partial charge in [0.25, 0.3) is 11.8 Å². The largest absolute Gasteiger partial charge is 0.322 e. The highest BCUT2D eigenvalue weighted by atomic mass is 19.3. The molecule has 4 heterocycles. The number of likely N-dealkylation sites (tertiary alicyclic amines) is 1. The van der Waals surface area contributed by atoms with Crippen LogP contribution in [0.2, 0.25) is 0 Å².